The fourth-order valence-corrected chi connectivity index (χ4v) is 1.31. The Hall–Kier alpha value is -1.75. The fourth-order valence-electron chi connectivity index (χ4n) is 1.20. The standard InChI is InChI=1S/C11H10ClN3O2/c1-6(7(2)16)11-14-10(15-17-11)9-4-3-8(12)5-13-9/h3-6H,1-2H3. The molecule has 6 heteroatoms. The van der Waals surface area contributed by atoms with Crippen molar-refractivity contribution in [2.45, 2.75) is 19.8 Å². The number of rotatable bonds is 3. The van der Waals surface area contributed by atoms with Crippen molar-refractivity contribution in [3.8, 4) is 11.5 Å². The van der Waals surface area contributed by atoms with E-state index in [0.29, 0.717) is 22.4 Å². The van der Waals surface area contributed by atoms with Crippen LogP contribution < -0.4 is 0 Å². The minimum atomic E-state index is -0.399. The van der Waals surface area contributed by atoms with Gasteiger partial charge in [0, 0.05) is 6.20 Å². The van der Waals surface area contributed by atoms with Crippen LogP contribution in [0.2, 0.25) is 5.02 Å². The third-order valence-corrected chi connectivity index (χ3v) is 2.60. The molecular weight excluding hydrogens is 242 g/mol. The molecule has 2 aromatic heterocycles. The van der Waals surface area contributed by atoms with Crippen LogP contribution in [0.1, 0.15) is 25.7 Å². The van der Waals surface area contributed by atoms with Crippen molar-refractivity contribution in [2.24, 2.45) is 0 Å². The van der Waals surface area contributed by atoms with Crippen LogP contribution >= 0.6 is 11.6 Å². The first kappa shape index (κ1) is 11.7. The molecule has 0 saturated heterocycles. The Morgan fingerprint density at radius 3 is 2.82 bits per heavy atom. The van der Waals surface area contributed by atoms with Gasteiger partial charge in [-0.3, -0.25) is 9.78 Å². The van der Waals surface area contributed by atoms with E-state index in [0.717, 1.165) is 0 Å². The molecule has 0 amide bonds. The molecule has 2 rings (SSSR count). The Morgan fingerprint density at radius 2 is 2.24 bits per heavy atom. The van der Waals surface area contributed by atoms with Crippen LogP contribution in [-0.2, 0) is 4.79 Å². The van der Waals surface area contributed by atoms with E-state index in [4.69, 9.17) is 16.1 Å². The molecule has 0 saturated carbocycles. The summed E-state index contributed by atoms with van der Waals surface area (Å²) in [6, 6.07) is 3.38. The zero-order valence-corrected chi connectivity index (χ0v) is 10.1. The summed E-state index contributed by atoms with van der Waals surface area (Å²) in [5, 5.41) is 4.31. The van der Waals surface area contributed by atoms with Crippen LogP contribution in [-0.4, -0.2) is 20.9 Å². The molecule has 2 heterocycles. The highest BCUT2D eigenvalue weighted by atomic mass is 35.5. The van der Waals surface area contributed by atoms with Crippen molar-refractivity contribution in [1.29, 1.82) is 0 Å². The van der Waals surface area contributed by atoms with Gasteiger partial charge in [0.25, 0.3) is 0 Å². The number of pyridine rings is 1. The lowest BCUT2D eigenvalue weighted by Gasteiger charge is -1.98. The summed E-state index contributed by atoms with van der Waals surface area (Å²) in [6.45, 7) is 3.20. The number of hydrogen-bond acceptors (Lipinski definition) is 5. The van der Waals surface area contributed by atoms with Gasteiger partial charge in [-0.2, -0.15) is 4.98 Å². The zero-order valence-electron chi connectivity index (χ0n) is 9.35. The first-order valence-electron chi connectivity index (χ1n) is 5.04. The number of carbonyl (C=O) groups excluding carboxylic acids is 1. The zero-order chi connectivity index (χ0) is 12.4. The quantitative estimate of drug-likeness (QED) is 0.838. The van der Waals surface area contributed by atoms with E-state index < -0.39 is 5.92 Å². The number of nitrogens with zero attached hydrogens (tertiary/aromatic N) is 3. The lowest BCUT2D eigenvalue weighted by molar-refractivity contribution is -0.118. The van der Waals surface area contributed by atoms with E-state index in [9.17, 15) is 4.79 Å². The van der Waals surface area contributed by atoms with Gasteiger partial charge >= 0.3 is 0 Å². The van der Waals surface area contributed by atoms with Crippen molar-refractivity contribution in [3.63, 3.8) is 0 Å². The lowest BCUT2D eigenvalue weighted by atomic mass is 10.1. The third kappa shape index (κ3) is 2.50. The number of ketones is 1. The summed E-state index contributed by atoms with van der Waals surface area (Å²) in [4.78, 5) is 19.4. The van der Waals surface area contributed by atoms with Gasteiger partial charge in [-0.25, -0.2) is 0 Å². The second kappa shape index (κ2) is 4.63. The molecule has 1 unspecified atom stereocenters. The Balaban J connectivity index is 2.29. The molecule has 0 radical (unpaired) electrons. The van der Waals surface area contributed by atoms with Crippen molar-refractivity contribution in [2.75, 3.05) is 0 Å². The number of carbonyl (C=O) groups is 1. The number of halogens is 1. The Labute approximate surface area is 103 Å². The van der Waals surface area contributed by atoms with Gasteiger partial charge in [-0.1, -0.05) is 16.8 Å². The molecule has 0 fully saturated rings. The molecule has 0 bridgehead atoms. The Kier molecular flexibility index (Phi) is 3.19. The van der Waals surface area contributed by atoms with E-state index in [-0.39, 0.29) is 5.78 Å². The molecule has 0 spiro atoms. The minimum Gasteiger partial charge on any atom is -0.338 e. The molecule has 17 heavy (non-hydrogen) atoms. The SMILES string of the molecule is CC(=O)C(C)c1nc(-c2ccc(Cl)cn2)no1. The van der Waals surface area contributed by atoms with Crippen LogP contribution in [0.4, 0.5) is 0 Å². The number of hydrogen-bond donors (Lipinski definition) is 0. The smallest absolute Gasteiger partial charge is 0.237 e. The maximum Gasteiger partial charge on any atom is 0.237 e. The van der Waals surface area contributed by atoms with Gasteiger partial charge in [0.15, 0.2) is 0 Å². The second-order valence-corrected chi connectivity index (χ2v) is 4.09. The van der Waals surface area contributed by atoms with E-state index >= 15 is 0 Å². The number of aromatic nitrogens is 3. The van der Waals surface area contributed by atoms with Gasteiger partial charge in [0.2, 0.25) is 11.7 Å². The largest absolute Gasteiger partial charge is 0.338 e. The highest BCUT2D eigenvalue weighted by molar-refractivity contribution is 6.30. The molecule has 0 N–H and O–H groups in total. The first-order chi connectivity index (χ1) is 8.08. The van der Waals surface area contributed by atoms with E-state index in [1.807, 2.05) is 0 Å². The van der Waals surface area contributed by atoms with Crippen molar-refractivity contribution < 1.29 is 9.32 Å². The molecule has 88 valence electrons. The average molecular weight is 252 g/mol. The van der Waals surface area contributed by atoms with E-state index in [2.05, 4.69) is 15.1 Å². The number of Topliss-reactive ketones (excluding diaryl/α,β-unsaturated/α-hetero) is 1. The van der Waals surface area contributed by atoms with Crippen LogP contribution in [0.3, 0.4) is 0 Å². The van der Waals surface area contributed by atoms with E-state index in [1.165, 1.54) is 13.1 Å². The Morgan fingerprint density at radius 1 is 1.47 bits per heavy atom. The molecule has 2 aromatic rings. The summed E-state index contributed by atoms with van der Waals surface area (Å²) in [5.74, 6) is 0.224. The van der Waals surface area contributed by atoms with Gasteiger partial charge in [-0.15, -0.1) is 0 Å². The van der Waals surface area contributed by atoms with Crippen LogP contribution in [0.5, 0.6) is 0 Å². The monoisotopic (exact) mass is 251 g/mol. The molecule has 0 aromatic carbocycles. The van der Waals surface area contributed by atoms with Crippen molar-refractivity contribution >= 4 is 17.4 Å². The van der Waals surface area contributed by atoms with Gasteiger partial charge in [0.1, 0.15) is 11.5 Å². The highest BCUT2D eigenvalue weighted by Gasteiger charge is 2.19. The second-order valence-electron chi connectivity index (χ2n) is 3.65. The minimum absolute atomic E-state index is 0.0238. The average Bonchev–Trinajstić information content (AvgIpc) is 2.78. The molecule has 0 aliphatic carbocycles. The van der Waals surface area contributed by atoms with Crippen molar-refractivity contribution in [1.82, 2.24) is 15.1 Å². The fraction of sp³-hybridized carbons (Fsp3) is 0.273. The highest BCUT2D eigenvalue weighted by Crippen LogP contribution is 2.19. The molecule has 1 atom stereocenters. The van der Waals surface area contributed by atoms with Crippen LogP contribution in [0, 0.1) is 0 Å². The molecule has 0 aliphatic heterocycles. The summed E-state index contributed by atoms with van der Waals surface area (Å²) in [7, 11) is 0. The summed E-state index contributed by atoms with van der Waals surface area (Å²) in [6.07, 6.45) is 1.50. The molecular formula is C11H10ClN3O2. The first-order valence-corrected chi connectivity index (χ1v) is 5.41. The molecule has 0 aliphatic rings. The summed E-state index contributed by atoms with van der Waals surface area (Å²) in [5.41, 5.74) is 0.556. The van der Waals surface area contributed by atoms with Gasteiger partial charge in [-0.05, 0) is 26.0 Å². The third-order valence-electron chi connectivity index (χ3n) is 2.38. The van der Waals surface area contributed by atoms with Gasteiger partial charge in [0.05, 0.1) is 10.9 Å². The molecule has 5 nitrogen and oxygen atoms in total. The van der Waals surface area contributed by atoms with Crippen molar-refractivity contribution in [3.05, 3.63) is 29.2 Å². The van der Waals surface area contributed by atoms with Crippen LogP contribution in [0.25, 0.3) is 11.5 Å². The predicted octanol–water partition coefficient (Wildman–Crippen LogP) is 2.48. The Bertz CT molecular complexity index is 536. The maximum absolute atomic E-state index is 11.2. The van der Waals surface area contributed by atoms with E-state index in [1.54, 1.807) is 19.1 Å². The summed E-state index contributed by atoms with van der Waals surface area (Å²) >= 11 is 5.72. The summed E-state index contributed by atoms with van der Waals surface area (Å²) < 4.78 is 5.02. The predicted molar refractivity (Wildman–Crippen MR) is 61.6 cm³/mol. The topological polar surface area (TPSA) is 68.9 Å². The van der Waals surface area contributed by atoms with Gasteiger partial charge < -0.3 is 4.52 Å². The lowest BCUT2D eigenvalue weighted by Crippen LogP contribution is -2.04. The van der Waals surface area contributed by atoms with Crippen LogP contribution in [0.15, 0.2) is 22.9 Å². The normalized spacial score (nSPS) is 12.4. The maximum atomic E-state index is 11.2.